The molecule has 0 aromatic carbocycles. The summed E-state index contributed by atoms with van der Waals surface area (Å²) in [4.78, 5) is 10.4. The van der Waals surface area contributed by atoms with E-state index in [0.29, 0.717) is 19.3 Å². The van der Waals surface area contributed by atoms with Crippen molar-refractivity contribution < 1.29 is 8.42 Å². The molecule has 1 heterocycles. The zero-order valence-electron chi connectivity index (χ0n) is 14.3. The first-order valence-corrected chi connectivity index (χ1v) is 10.0. The highest BCUT2D eigenvalue weighted by Gasteiger charge is 2.40. The molecular weight excluding hydrogens is 338 g/mol. The molecule has 1 N–H and O–H groups in total. The summed E-state index contributed by atoms with van der Waals surface area (Å²) in [5.74, 6) is 0.681. The molecule has 0 radical (unpaired) electrons. The van der Waals surface area contributed by atoms with Gasteiger partial charge in [0.1, 0.15) is 12.1 Å². The zero-order chi connectivity index (χ0) is 18.0. The normalized spacial score (nSPS) is 28.8. The largest absolute Gasteiger partial charge is 0.356 e. The van der Waals surface area contributed by atoms with Crippen LogP contribution in [0.4, 0.5) is 5.82 Å². The Morgan fingerprint density at radius 3 is 2.80 bits per heavy atom. The topological polar surface area (TPSA) is 99.0 Å². The van der Waals surface area contributed by atoms with Crippen molar-refractivity contribution in [3.05, 3.63) is 24.7 Å². The number of rotatable bonds is 6. The van der Waals surface area contributed by atoms with Crippen LogP contribution in [0.15, 0.2) is 19.1 Å². The Morgan fingerprint density at radius 1 is 1.40 bits per heavy atom. The average Bonchev–Trinajstić information content (AvgIpc) is 3.07. The van der Waals surface area contributed by atoms with Crippen LogP contribution in [0.5, 0.6) is 0 Å². The van der Waals surface area contributed by atoms with Crippen LogP contribution in [0.1, 0.15) is 37.7 Å². The van der Waals surface area contributed by atoms with Gasteiger partial charge in [0.05, 0.1) is 11.3 Å². The van der Waals surface area contributed by atoms with Crippen molar-refractivity contribution >= 4 is 21.9 Å². The van der Waals surface area contributed by atoms with Crippen molar-refractivity contribution in [2.45, 2.75) is 49.4 Å². The minimum Gasteiger partial charge on any atom is -0.356 e. The molecule has 0 bridgehead atoms. The zero-order valence-corrected chi connectivity index (χ0v) is 15.1. The number of aromatic nitrogens is 2. The molecular formula is C17H23N5O2S. The van der Waals surface area contributed by atoms with Crippen molar-refractivity contribution in [2.24, 2.45) is 5.92 Å². The van der Waals surface area contributed by atoms with Crippen LogP contribution >= 0.6 is 0 Å². The maximum Gasteiger partial charge on any atom is 0.214 e. The fraction of sp³-hybridized carbons (Fsp3) is 0.588. The Hall–Kier alpha value is -1.98. The van der Waals surface area contributed by atoms with E-state index in [-0.39, 0.29) is 18.0 Å². The Bertz CT molecular complexity index is 782. The Labute approximate surface area is 148 Å². The minimum atomic E-state index is -3.35. The van der Waals surface area contributed by atoms with Gasteiger partial charge in [-0.25, -0.2) is 23.1 Å². The Balaban J connectivity index is 1.56. The monoisotopic (exact) mass is 361 g/mol. The van der Waals surface area contributed by atoms with Crippen LogP contribution in [-0.2, 0) is 10.0 Å². The van der Waals surface area contributed by atoms with Gasteiger partial charge in [-0.15, -0.1) is 0 Å². The molecule has 2 fully saturated rings. The van der Waals surface area contributed by atoms with Crippen LogP contribution in [-0.4, -0.2) is 42.8 Å². The molecule has 2 aliphatic rings. The number of sulfonamides is 1. The molecule has 8 heteroatoms. The van der Waals surface area contributed by atoms with Gasteiger partial charge >= 0.3 is 0 Å². The second-order valence-electron chi connectivity index (χ2n) is 6.86. The fourth-order valence-electron chi connectivity index (χ4n) is 3.61. The van der Waals surface area contributed by atoms with Gasteiger partial charge in [-0.05, 0) is 32.1 Å². The maximum absolute atomic E-state index is 12.5. The van der Waals surface area contributed by atoms with E-state index in [2.05, 4.69) is 32.2 Å². The van der Waals surface area contributed by atoms with E-state index in [1.165, 1.54) is 6.33 Å². The van der Waals surface area contributed by atoms with E-state index in [4.69, 9.17) is 5.26 Å². The summed E-state index contributed by atoms with van der Waals surface area (Å²) in [6.45, 7) is 3.78. The Kier molecular flexibility index (Phi) is 5.06. The third kappa shape index (κ3) is 3.67. The molecule has 2 atom stereocenters. The first-order valence-electron chi connectivity index (χ1n) is 8.50. The van der Waals surface area contributed by atoms with Gasteiger partial charge in [-0.1, -0.05) is 12.7 Å². The van der Waals surface area contributed by atoms with Crippen LogP contribution in [0.25, 0.3) is 6.08 Å². The van der Waals surface area contributed by atoms with Gasteiger partial charge in [0.25, 0.3) is 0 Å². The SMILES string of the molecule is C=Cc1cncnc1N(C)[C@H]1C[C@@H](NS(=O)(=O)[C@@H]2CCC(C#N)C2)C1. The summed E-state index contributed by atoms with van der Waals surface area (Å²) in [5.41, 5.74) is 0.863. The average molecular weight is 361 g/mol. The van der Waals surface area contributed by atoms with Crippen LogP contribution in [0.3, 0.4) is 0 Å². The van der Waals surface area contributed by atoms with Gasteiger partial charge in [0.15, 0.2) is 0 Å². The van der Waals surface area contributed by atoms with Crippen molar-refractivity contribution in [1.82, 2.24) is 14.7 Å². The number of nitrogens with one attached hydrogen (secondary N) is 1. The highest BCUT2D eigenvalue weighted by molar-refractivity contribution is 7.90. The molecule has 1 aromatic rings. The van der Waals surface area contributed by atoms with Gasteiger partial charge in [-0.3, -0.25) is 0 Å². The molecule has 0 amide bonds. The fourth-order valence-corrected chi connectivity index (χ4v) is 5.40. The van der Waals surface area contributed by atoms with E-state index >= 15 is 0 Å². The van der Waals surface area contributed by atoms with E-state index in [1.807, 2.05) is 7.05 Å². The molecule has 7 nitrogen and oxygen atoms in total. The first kappa shape index (κ1) is 17.8. The third-order valence-corrected chi connectivity index (χ3v) is 7.24. The van der Waals surface area contributed by atoms with Gasteiger partial charge in [-0.2, -0.15) is 5.26 Å². The lowest BCUT2D eigenvalue weighted by Crippen LogP contribution is -2.54. The molecule has 3 rings (SSSR count). The highest BCUT2D eigenvalue weighted by atomic mass is 32.2. The van der Waals surface area contributed by atoms with Crippen LogP contribution < -0.4 is 9.62 Å². The van der Waals surface area contributed by atoms with Crippen molar-refractivity contribution in [3.63, 3.8) is 0 Å². The summed E-state index contributed by atoms with van der Waals surface area (Å²) >= 11 is 0. The van der Waals surface area contributed by atoms with Crippen molar-refractivity contribution in [3.8, 4) is 6.07 Å². The summed E-state index contributed by atoms with van der Waals surface area (Å²) in [6, 6.07) is 2.36. The summed E-state index contributed by atoms with van der Waals surface area (Å²) < 4.78 is 27.8. The van der Waals surface area contributed by atoms with Gasteiger partial charge < -0.3 is 4.90 Å². The molecule has 1 unspecified atom stereocenters. The highest BCUT2D eigenvalue weighted by Crippen LogP contribution is 2.33. The van der Waals surface area contributed by atoms with E-state index in [0.717, 1.165) is 24.2 Å². The van der Waals surface area contributed by atoms with Crippen LogP contribution in [0, 0.1) is 17.2 Å². The second kappa shape index (κ2) is 7.10. The quantitative estimate of drug-likeness (QED) is 0.828. The summed E-state index contributed by atoms with van der Waals surface area (Å²) in [6.07, 6.45) is 8.13. The summed E-state index contributed by atoms with van der Waals surface area (Å²) in [5, 5.41) is 8.52. The van der Waals surface area contributed by atoms with Crippen molar-refractivity contribution in [1.29, 1.82) is 5.26 Å². The second-order valence-corrected chi connectivity index (χ2v) is 8.86. The lowest BCUT2D eigenvalue weighted by molar-refractivity contribution is 0.315. The van der Waals surface area contributed by atoms with E-state index in [9.17, 15) is 8.42 Å². The number of nitrogens with zero attached hydrogens (tertiary/aromatic N) is 4. The lowest BCUT2D eigenvalue weighted by Gasteiger charge is -2.42. The van der Waals surface area contributed by atoms with Gasteiger partial charge in [0.2, 0.25) is 10.0 Å². The minimum absolute atomic E-state index is 0.0485. The number of anilines is 1. The molecule has 2 saturated carbocycles. The predicted molar refractivity (Wildman–Crippen MR) is 96.1 cm³/mol. The lowest BCUT2D eigenvalue weighted by atomic mass is 9.86. The van der Waals surface area contributed by atoms with E-state index in [1.54, 1.807) is 12.3 Å². The standard InChI is InChI=1S/C17H23N5O2S/c1-3-13-10-19-11-20-17(13)22(2)15-7-14(8-15)21-25(23,24)16-5-4-12(6-16)9-18/h3,10-12,14-16,21H,1,4-8H2,2H3/t12?,14-,15+,16-/m1/s1. The maximum atomic E-state index is 12.5. The number of nitriles is 1. The molecule has 2 aliphatic carbocycles. The number of hydrogen-bond acceptors (Lipinski definition) is 6. The van der Waals surface area contributed by atoms with Crippen molar-refractivity contribution in [2.75, 3.05) is 11.9 Å². The summed E-state index contributed by atoms with van der Waals surface area (Å²) in [7, 11) is -1.39. The molecule has 134 valence electrons. The first-order chi connectivity index (χ1) is 11.9. The molecule has 0 saturated heterocycles. The molecule has 1 aromatic heterocycles. The third-order valence-electron chi connectivity index (χ3n) is 5.27. The predicted octanol–water partition coefficient (Wildman–Crippen LogP) is 1.70. The van der Waals surface area contributed by atoms with Gasteiger partial charge in [0, 0.05) is 36.8 Å². The van der Waals surface area contributed by atoms with E-state index < -0.39 is 15.3 Å². The molecule has 25 heavy (non-hydrogen) atoms. The Morgan fingerprint density at radius 2 is 2.16 bits per heavy atom. The molecule has 0 aliphatic heterocycles. The smallest absolute Gasteiger partial charge is 0.214 e. The molecule has 0 spiro atoms. The number of hydrogen-bond donors (Lipinski definition) is 1. The van der Waals surface area contributed by atoms with Crippen LogP contribution in [0.2, 0.25) is 0 Å².